The van der Waals surface area contributed by atoms with Gasteiger partial charge in [-0.15, -0.1) is 0 Å². The number of aromatic nitrogens is 1. The summed E-state index contributed by atoms with van der Waals surface area (Å²) in [6.45, 7) is 5.27. The Morgan fingerprint density at radius 3 is 2.50 bits per heavy atom. The van der Waals surface area contributed by atoms with Gasteiger partial charge < -0.3 is 18.8 Å². The van der Waals surface area contributed by atoms with Gasteiger partial charge in [-0.1, -0.05) is 29.5 Å². The Bertz CT molecular complexity index is 1080. The molecule has 0 spiro atoms. The molecule has 2 aromatic carbocycles. The molecule has 0 aliphatic carbocycles. The first-order valence-electron chi connectivity index (χ1n) is 8.90. The van der Waals surface area contributed by atoms with Gasteiger partial charge in [0.1, 0.15) is 0 Å². The van der Waals surface area contributed by atoms with Gasteiger partial charge in [-0.25, -0.2) is 0 Å². The van der Waals surface area contributed by atoms with Gasteiger partial charge in [0.05, 0.1) is 36.6 Å². The highest BCUT2D eigenvalue weighted by atomic mass is 32.1. The second-order valence-corrected chi connectivity index (χ2v) is 7.34. The van der Waals surface area contributed by atoms with Gasteiger partial charge in [-0.3, -0.25) is 4.79 Å². The van der Waals surface area contributed by atoms with Crippen LogP contribution in [0.5, 0.6) is 11.5 Å². The van der Waals surface area contributed by atoms with Crippen molar-refractivity contribution >= 4 is 27.5 Å². The van der Waals surface area contributed by atoms with E-state index >= 15 is 0 Å². The fourth-order valence-electron chi connectivity index (χ4n) is 3.15. The number of hydrogen-bond donors (Lipinski definition) is 0. The van der Waals surface area contributed by atoms with Crippen molar-refractivity contribution in [2.75, 3.05) is 27.9 Å². The zero-order chi connectivity index (χ0) is 20.3. The molecule has 1 amide bonds. The lowest BCUT2D eigenvalue weighted by atomic mass is 10.1. The minimum absolute atomic E-state index is 0.367. The molecule has 0 aliphatic rings. The predicted octanol–water partition coefficient (Wildman–Crippen LogP) is 3.72. The molecule has 0 saturated heterocycles. The number of ether oxygens (including phenoxy) is 3. The number of methoxy groups -OCH3 is 3. The van der Waals surface area contributed by atoms with E-state index in [-0.39, 0.29) is 5.91 Å². The van der Waals surface area contributed by atoms with Crippen molar-refractivity contribution in [3.8, 4) is 11.5 Å². The number of amides is 1. The first kappa shape index (κ1) is 20.1. The average molecular weight is 401 g/mol. The van der Waals surface area contributed by atoms with E-state index in [1.165, 1.54) is 18.4 Å². The lowest BCUT2D eigenvalue weighted by Gasteiger charge is -2.10. The fourth-order valence-corrected chi connectivity index (χ4v) is 4.35. The van der Waals surface area contributed by atoms with Crippen LogP contribution in [0.3, 0.4) is 0 Å². The van der Waals surface area contributed by atoms with Gasteiger partial charge in [-0.05, 0) is 37.1 Å². The Morgan fingerprint density at radius 1 is 1.07 bits per heavy atom. The molecule has 0 aliphatic heterocycles. The van der Waals surface area contributed by atoms with Crippen LogP contribution in [0, 0.1) is 13.8 Å². The third kappa shape index (κ3) is 3.68. The first-order valence-corrected chi connectivity index (χ1v) is 9.72. The standard InChI is InChI=1S/C21H24N2O4S/c1-13-9-10-14(2)19-17(13)23(11-12-25-3)21(28-19)22-20(24)15-7-6-8-16(26-4)18(15)27-5/h6-10H,11-12H2,1-5H3. The van der Waals surface area contributed by atoms with E-state index in [4.69, 9.17) is 14.2 Å². The van der Waals surface area contributed by atoms with E-state index in [0.29, 0.717) is 35.0 Å². The SMILES string of the molecule is COCCn1c(=NC(=O)c2cccc(OC)c2OC)sc2c(C)ccc(C)c21. The van der Waals surface area contributed by atoms with Crippen molar-refractivity contribution in [2.24, 2.45) is 4.99 Å². The molecule has 6 nitrogen and oxygen atoms in total. The number of carbonyl (C=O) groups is 1. The zero-order valence-corrected chi connectivity index (χ0v) is 17.6. The molecule has 28 heavy (non-hydrogen) atoms. The highest BCUT2D eigenvalue weighted by molar-refractivity contribution is 7.16. The normalized spacial score (nSPS) is 11.8. The van der Waals surface area contributed by atoms with Gasteiger partial charge in [0, 0.05) is 13.7 Å². The second-order valence-electron chi connectivity index (χ2n) is 6.36. The van der Waals surface area contributed by atoms with Crippen LogP contribution >= 0.6 is 11.3 Å². The average Bonchev–Trinajstić information content (AvgIpc) is 3.07. The molecule has 0 unspecified atom stereocenters. The molecule has 0 saturated carbocycles. The fraction of sp³-hybridized carbons (Fsp3) is 0.333. The number of carbonyl (C=O) groups excluding carboxylic acids is 1. The van der Waals surface area contributed by atoms with Crippen LogP contribution in [-0.2, 0) is 11.3 Å². The summed E-state index contributed by atoms with van der Waals surface area (Å²) >= 11 is 1.51. The number of para-hydroxylation sites is 1. The van der Waals surface area contributed by atoms with Crippen LogP contribution in [-0.4, -0.2) is 38.4 Å². The van der Waals surface area contributed by atoms with Gasteiger partial charge in [-0.2, -0.15) is 4.99 Å². The lowest BCUT2D eigenvalue weighted by Crippen LogP contribution is -2.20. The minimum atomic E-state index is -0.372. The van der Waals surface area contributed by atoms with Crippen molar-refractivity contribution in [2.45, 2.75) is 20.4 Å². The van der Waals surface area contributed by atoms with Gasteiger partial charge in [0.2, 0.25) is 0 Å². The summed E-state index contributed by atoms with van der Waals surface area (Å²) < 4.78 is 19.1. The minimum Gasteiger partial charge on any atom is -0.493 e. The summed E-state index contributed by atoms with van der Waals surface area (Å²) in [7, 11) is 4.72. The molecule has 0 fully saturated rings. The van der Waals surface area contributed by atoms with E-state index < -0.39 is 0 Å². The van der Waals surface area contributed by atoms with Crippen molar-refractivity contribution in [1.82, 2.24) is 4.57 Å². The largest absolute Gasteiger partial charge is 0.493 e. The smallest absolute Gasteiger partial charge is 0.283 e. The van der Waals surface area contributed by atoms with Gasteiger partial charge in [0.15, 0.2) is 16.3 Å². The molecule has 3 aromatic rings. The molecule has 0 radical (unpaired) electrons. The van der Waals surface area contributed by atoms with Crippen LogP contribution in [0.25, 0.3) is 10.2 Å². The molecule has 0 N–H and O–H groups in total. The quantitative estimate of drug-likeness (QED) is 0.633. The van der Waals surface area contributed by atoms with E-state index in [0.717, 1.165) is 21.3 Å². The van der Waals surface area contributed by atoms with Gasteiger partial charge >= 0.3 is 0 Å². The van der Waals surface area contributed by atoms with Gasteiger partial charge in [0.25, 0.3) is 5.91 Å². The number of thiazole rings is 1. The Kier molecular flexibility index (Phi) is 6.16. The number of nitrogens with zero attached hydrogens (tertiary/aromatic N) is 2. The molecule has 0 atom stereocenters. The third-order valence-electron chi connectivity index (χ3n) is 4.57. The number of aryl methyl sites for hydroxylation is 2. The van der Waals surface area contributed by atoms with E-state index in [1.54, 1.807) is 32.4 Å². The van der Waals surface area contributed by atoms with Crippen molar-refractivity contribution in [1.29, 1.82) is 0 Å². The van der Waals surface area contributed by atoms with Crippen LogP contribution in [0.4, 0.5) is 0 Å². The van der Waals surface area contributed by atoms with Crippen molar-refractivity contribution in [3.63, 3.8) is 0 Å². The number of hydrogen-bond acceptors (Lipinski definition) is 5. The maximum absolute atomic E-state index is 13.0. The summed E-state index contributed by atoms with van der Waals surface area (Å²) in [5, 5.41) is 0. The molecular formula is C21H24N2O4S. The van der Waals surface area contributed by atoms with Crippen LogP contribution in [0.15, 0.2) is 35.3 Å². The lowest BCUT2D eigenvalue weighted by molar-refractivity contribution is 0.0993. The maximum Gasteiger partial charge on any atom is 0.283 e. The first-order chi connectivity index (χ1) is 13.5. The highest BCUT2D eigenvalue weighted by Crippen LogP contribution is 2.31. The van der Waals surface area contributed by atoms with Crippen molar-refractivity contribution < 1.29 is 19.0 Å². The summed E-state index contributed by atoms with van der Waals surface area (Å²) in [4.78, 5) is 18.1. The second kappa shape index (κ2) is 8.58. The maximum atomic E-state index is 13.0. The molecule has 1 heterocycles. The number of benzene rings is 2. The molecule has 1 aromatic heterocycles. The predicted molar refractivity (Wildman–Crippen MR) is 111 cm³/mol. The highest BCUT2D eigenvalue weighted by Gasteiger charge is 2.17. The number of rotatable bonds is 6. The summed E-state index contributed by atoms with van der Waals surface area (Å²) in [5.74, 6) is 0.512. The third-order valence-corrected chi connectivity index (χ3v) is 5.79. The Morgan fingerprint density at radius 2 is 1.82 bits per heavy atom. The monoisotopic (exact) mass is 400 g/mol. The van der Waals surface area contributed by atoms with E-state index in [9.17, 15) is 4.79 Å². The van der Waals surface area contributed by atoms with Crippen LogP contribution in [0.1, 0.15) is 21.5 Å². The van der Waals surface area contributed by atoms with Crippen molar-refractivity contribution in [3.05, 3.63) is 51.8 Å². The molecule has 3 rings (SSSR count). The molecule has 148 valence electrons. The summed E-state index contributed by atoms with van der Waals surface area (Å²) in [5.41, 5.74) is 3.75. The number of fused-ring (bicyclic) bond motifs is 1. The van der Waals surface area contributed by atoms with Crippen LogP contribution in [0.2, 0.25) is 0 Å². The Labute approximate surface area is 168 Å². The Hall–Kier alpha value is -2.64. The van der Waals surface area contributed by atoms with E-state index in [1.807, 2.05) is 0 Å². The molecular weight excluding hydrogens is 376 g/mol. The summed E-state index contributed by atoms with van der Waals surface area (Å²) in [6.07, 6.45) is 0. The zero-order valence-electron chi connectivity index (χ0n) is 16.7. The van der Waals surface area contributed by atoms with Crippen LogP contribution < -0.4 is 14.3 Å². The molecule has 7 heteroatoms. The van der Waals surface area contributed by atoms with E-state index in [2.05, 4.69) is 35.5 Å². The Balaban J connectivity index is 2.20. The summed E-state index contributed by atoms with van der Waals surface area (Å²) in [6, 6.07) is 9.37. The topological polar surface area (TPSA) is 62.1 Å². The molecule has 0 bridgehead atoms.